The summed E-state index contributed by atoms with van der Waals surface area (Å²) in [7, 11) is 0. The number of rotatable bonds is 7. The lowest BCUT2D eigenvalue weighted by atomic mass is 10.1. The number of amides is 2. The van der Waals surface area contributed by atoms with Crippen molar-refractivity contribution in [2.75, 3.05) is 10.6 Å². The third kappa shape index (κ3) is 5.99. The summed E-state index contributed by atoms with van der Waals surface area (Å²) >= 11 is 13.4. The van der Waals surface area contributed by atoms with Gasteiger partial charge in [0, 0.05) is 21.7 Å². The van der Waals surface area contributed by atoms with Crippen LogP contribution in [-0.4, -0.2) is 17.0 Å². The molecule has 0 saturated heterocycles. The fourth-order valence-corrected chi connectivity index (χ4v) is 4.66. The van der Waals surface area contributed by atoms with Crippen LogP contribution in [0.5, 0.6) is 0 Å². The summed E-state index contributed by atoms with van der Waals surface area (Å²) in [6.07, 6.45) is 0. The van der Waals surface area contributed by atoms with E-state index in [1.54, 1.807) is 37.3 Å². The van der Waals surface area contributed by atoms with Crippen molar-refractivity contribution in [2.24, 2.45) is 0 Å². The third-order valence-corrected chi connectivity index (χ3v) is 6.58. The highest BCUT2D eigenvalue weighted by atomic mass is 35.5. The molecule has 1 aromatic heterocycles. The number of carbonyl (C=O) groups excluding carboxylic acids is 2. The number of anilines is 2. The molecule has 172 valence electrons. The Bertz CT molecular complexity index is 1310. The molecule has 0 aliphatic rings. The maximum atomic E-state index is 13.1. The molecule has 2 N–H and O–H groups in total. The van der Waals surface area contributed by atoms with Crippen LogP contribution in [0.25, 0.3) is 0 Å². The van der Waals surface area contributed by atoms with E-state index in [0.717, 1.165) is 10.5 Å². The molecule has 3 aromatic carbocycles. The molecular weight excluding hydrogens is 493 g/mol. The van der Waals surface area contributed by atoms with Gasteiger partial charge < -0.3 is 15.2 Å². The third-order valence-electron chi connectivity index (χ3n) is 4.76. The van der Waals surface area contributed by atoms with Crippen LogP contribution >= 0.6 is 35.0 Å². The van der Waals surface area contributed by atoms with Crippen LogP contribution in [0, 0.1) is 6.92 Å². The summed E-state index contributed by atoms with van der Waals surface area (Å²) in [5, 5.41) is 9.67. The van der Waals surface area contributed by atoms with Crippen LogP contribution in [-0.2, 0) is 4.79 Å². The predicted molar refractivity (Wildman–Crippen MR) is 136 cm³/mol. The van der Waals surface area contributed by atoms with E-state index in [2.05, 4.69) is 15.8 Å². The van der Waals surface area contributed by atoms with Gasteiger partial charge >= 0.3 is 0 Å². The molecule has 6 nitrogen and oxygen atoms in total. The van der Waals surface area contributed by atoms with E-state index >= 15 is 0 Å². The first-order valence-corrected chi connectivity index (χ1v) is 11.8. The maximum Gasteiger partial charge on any atom is 0.257 e. The molecule has 0 saturated carbocycles. The Morgan fingerprint density at radius 1 is 0.941 bits per heavy atom. The molecule has 1 heterocycles. The molecule has 0 radical (unpaired) electrons. The summed E-state index contributed by atoms with van der Waals surface area (Å²) in [6, 6.07) is 23.0. The molecule has 4 aromatic rings. The van der Waals surface area contributed by atoms with Gasteiger partial charge in [0.1, 0.15) is 11.0 Å². The van der Waals surface area contributed by atoms with Crippen LogP contribution in [0.2, 0.25) is 10.0 Å². The van der Waals surface area contributed by atoms with Crippen molar-refractivity contribution in [1.82, 2.24) is 5.16 Å². The first-order valence-electron chi connectivity index (χ1n) is 10.2. The summed E-state index contributed by atoms with van der Waals surface area (Å²) in [6.45, 7) is 1.76. The minimum Gasteiger partial charge on any atom is -0.360 e. The van der Waals surface area contributed by atoms with Crippen LogP contribution in [0.1, 0.15) is 26.9 Å². The molecule has 0 bridgehead atoms. The van der Waals surface area contributed by atoms with E-state index < -0.39 is 5.25 Å². The average Bonchev–Trinajstić information content (AvgIpc) is 3.23. The first kappa shape index (κ1) is 23.9. The fraction of sp³-hybridized carbons (Fsp3) is 0.0800. The Morgan fingerprint density at radius 3 is 2.32 bits per heavy atom. The van der Waals surface area contributed by atoms with Gasteiger partial charge in [-0.15, -0.1) is 11.8 Å². The number of halogens is 2. The van der Waals surface area contributed by atoms with Gasteiger partial charge in [0.2, 0.25) is 5.91 Å². The molecule has 4 rings (SSSR count). The summed E-state index contributed by atoms with van der Waals surface area (Å²) in [5.74, 6) is 0.408. The molecular formula is C25H19Cl2N3O3S. The SMILES string of the molecule is Cc1cc(NC(=O)C(Sc2ccc(NC(=O)c3ccc(Cl)cc3Cl)cc2)c2ccccc2)no1. The summed E-state index contributed by atoms with van der Waals surface area (Å²) in [5.41, 5.74) is 1.77. The second-order valence-electron chi connectivity index (χ2n) is 7.32. The lowest BCUT2D eigenvalue weighted by Crippen LogP contribution is -2.19. The van der Waals surface area contributed by atoms with Gasteiger partial charge in [-0.2, -0.15) is 0 Å². The minimum atomic E-state index is -0.522. The van der Waals surface area contributed by atoms with E-state index in [1.165, 1.54) is 17.8 Å². The van der Waals surface area contributed by atoms with Crippen LogP contribution in [0.3, 0.4) is 0 Å². The van der Waals surface area contributed by atoms with Gasteiger partial charge in [-0.25, -0.2) is 0 Å². The normalized spacial score (nSPS) is 11.6. The Morgan fingerprint density at radius 2 is 1.68 bits per heavy atom. The molecule has 0 aliphatic heterocycles. The molecule has 1 atom stereocenters. The Hall–Kier alpha value is -3.26. The molecule has 9 heteroatoms. The van der Waals surface area contributed by atoms with E-state index in [-0.39, 0.29) is 16.8 Å². The molecule has 1 unspecified atom stereocenters. The number of hydrogen-bond donors (Lipinski definition) is 2. The standard InChI is InChI=1S/C25H19Cl2N3O3S/c1-15-13-22(30-33-15)29-25(32)23(16-5-3-2-4-6-16)34-19-10-8-18(9-11-19)28-24(31)20-12-7-17(26)14-21(20)27/h2-14,23H,1H3,(H,28,31)(H,29,30,32). The zero-order chi connectivity index (χ0) is 24.1. The van der Waals surface area contributed by atoms with Gasteiger partial charge in [0.25, 0.3) is 5.91 Å². The predicted octanol–water partition coefficient (Wildman–Crippen LogP) is 7.01. The summed E-state index contributed by atoms with van der Waals surface area (Å²) < 4.78 is 5.04. The van der Waals surface area contributed by atoms with E-state index in [1.807, 2.05) is 42.5 Å². The van der Waals surface area contributed by atoms with Gasteiger partial charge in [-0.05, 0) is 55.0 Å². The highest BCUT2D eigenvalue weighted by molar-refractivity contribution is 8.00. The Kier molecular flexibility index (Phi) is 7.57. The zero-order valence-electron chi connectivity index (χ0n) is 17.9. The van der Waals surface area contributed by atoms with E-state index in [0.29, 0.717) is 27.9 Å². The van der Waals surface area contributed by atoms with Gasteiger partial charge in [0.15, 0.2) is 5.82 Å². The van der Waals surface area contributed by atoms with Gasteiger partial charge in [-0.1, -0.05) is 58.7 Å². The molecule has 2 amide bonds. The van der Waals surface area contributed by atoms with Gasteiger partial charge in [-0.3, -0.25) is 9.59 Å². The largest absolute Gasteiger partial charge is 0.360 e. The number of aromatic nitrogens is 1. The lowest BCUT2D eigenvalue weighted by molar-refractivity contribution is -0.115. The van der Waals surface area contributed by atoms with Crippen molar-refractivity contribution in [3.63, 3.8) is 0 Å². The number of benzene rings is 3. The van der Waals surface area contributed by atoms with Crippen molar-refractivity contribution < 1.29 is 14.1 Å². The second kappa shape index (κ2) is 10.8. The number of carbonyl (C=O) groups is 2. The summed E-state index contributed by atoms with van der Waals surface area (Å²) in [4.78, 5) is 26.5. The second-order valence-corrected chi connectivity index (χ2v) is 9.35. The van der Waals surface area contributed by atoms with Crippen molar-refractivity contribution in [3.05, 3.63) is 106 Å². The van der Waals surface area contributed by atoms with E-state index in [9.17, 15) is 9.59 Å². The zero-order valence-corrected chi connectivity index (χ0v) is 20.2. The maximum absolute atomic E-state index is 13.1. The average molecular weight is 512 g/mol. The number of nitrogens with one attached hydrogen (secondary N) is 2. The molecule has 0 spiro atoms. The quantitative estimate of drug-likeness (QED) is 0.260. The number of hydrogen-bond acceptors (Lipinski definition) is 5. The Labute approximate surface area is 210 Å². The van der Waals surface area contributed by atoms with Crippen molar-refractivity contribution in [1.29, 1.82) is 0 Å². The van der Waals surface area contributed by atoms with E-state index in [4.69, 9.17) is 27.7 Å². The van der Waals surface area contributed by atoms with Crippen LogP contribution in [0.4, 0.5) is 11.5 Å². The smallest absolute Gasteiger partial charge is 0.257 e. The molecule has 34 heavy (non-hydrogen) atoms. The highest BCUT2D eigenvalue weighted by Crippen LogP contribution is 2.36. The highest BCUT2D eigenvalue weighted by Gasteiger charge is 2.23. The lowest BCUT2D eigenvalue weighted by Gasteiger charge is -2.16. The van der Waals surface area contributed by atoms with Crippen LogP contribution < -0.4 is 10.6 Å². The van der Waals surface area contributed by atoms with Crippen molar-refractivity contribution in [2.45, 2.75) is 17.1 Å². The van der Waals surface area contributed by atoms with Crippen LogP contribution in [0.15, 0.2) is 88.3 Å². The fourth-order valence-electron chi connectivity index (χ4n) is 3.14. The monoisotopic (exact) mass is 511 g/mol. The number of thioether (sulfide) groups is 1. The minimum absolute atomic E-state index is 0.223. The topological polar surface area (TPSA) is 84.2 Å². The molecule has 0 fully saturated rings. The van der Waals surface area contributed by atoms with Crippen molar-refractivity contribution >= 4 is 58.3 Å². The number of nitrogens with zero attached hydrogens (tertiary/aromatic N) is 1. The first-order chi connectivity index (χ1) is 16.4. The van der Waals surface area contributed by atoms with Crippen molar-refractivity contribution in [3.8, 4) is 0 Å². The number of aryl methyl sites for hydroxylation is 1. The molecule has 0 aliphatic carbocycles. The Balaban J connectivity index is 1.48. The van der Waals surface area contributed by atoms with Gasteiger partial charge in [0.05, 0.1) is 10.6 Å².